The second kappa shape index (κ2) is 7.58. The summed E-state index contributed by atoms with van der Waals surface area (Å²) in [6.07, 6.45) is 3.20. The number of ether oxygens (including phenoxy) is 1. The topological polar surface area (TPSA) is 67.4 Å². The highest BCUT2D eigenvalue weighted by Crippen LogP contribution is 2.27. The van der Waals surface area contributed by atoms with Crippen molar-refractivity contribution in [1.82, 2.24) is 10.0 Å². The molecule has 1 atom stereocenters. The van der Waals surface area contributed by atoms with Gasteiger partial charge in [0.15, 0.2) is 0 Å². The summed E-state index contributed by atoms with van der Waals surface area (Å²) in [7, 11) is -1.97. The van der Waals surface area contributed by atoms with Crippen LogP contribution in [0.5, 0.6) is 5.75 Å². The minimum atomic E-state index is -3.48. The van der Waals surface area contributed by atoms with E-state index >= 15 is 0 Å². The van der Waals surface area contributed by atoms with Crippen molar-refractivity contribution >= 4 is 26.0 Å². The summed E-state index contributed by atoms with van der Waals surface area (Å²) in [5, 5.41) is 3.34. The van der Waals surface area contributed by atoms with Gasteiger partial charge in [-0.05, 0) is 66.3 Å². The van der Waals surface area contributed by atoms with Crippen LogP contribution >= 0.6 is 15.9 Å². The fraction of sp³-hybridized carbons (Fsp3) is 0.571. The Morgan fingerprint density at radius 2 is 2.29 bits per heavy atom. The van der Waals surface area contributed by atoms with Crippen LogP contribution in [0.15, 0.2) is 27.6 Å². The van der Waals surface area contributed by atoms with Gasteiger partial charge < -0.3 is 10.1 Å². The van der Waals surface area contributed by atoms with E-state index in [9.17, 15) is 8.42 Å². The molecule has 0 bridgehead atoms. The molecule has 0 spiro atoms. The molecular weight excluding hydrogens is 356 g/mol. The third-order valence-corrected chi connectivity index (χ3v) is 5.79. The number of halogens is 1. The van der Waals surface area contributed by atoms with Crippen molar-refractivity contribution in [1.29, 1.82) is 0 Å². The van der Waals surface area contributed by atoms with Gasteiger partial charge in [-0.25, -0.2) is 13.1 Å². The third kappa shape index (κ3) is 4.67. The summed E-state index contributed by atoms with van der Waals surface area (Å²) < 4.78 is 33.0. The standard InChI is InChI=1S/C14H21BrN2O3S/c1-20-14-9-12(4-5-13(14)15)21(18,19)17-8-6-11-3-2-7-16-10-11/h4-5,9,11,16-17H,2-3,6-8,10H2,1H3. The summed E-state index contributed by atoms with van der Waals surface area (Å²) in [4.78, 5) is 0.226. The Morgan fingerprint density at radius 1 is 1.48 bits per heavy atom. The maximum Gasteiger partial charge on any atom is 0.240 e. The Morgan fingerprint density at radius 3 is 2.95 bits per heavy atom. The van der Waals surface area contributed by atoms with Crippen molar-refractivity contribution in [2.45, 2.75) is 24.2 Å². The molecule has 1 fully saturated rings. The molecule has 5 nitrogen and oxygen atoms in total. The Hall–Kier alpha value is -0.630. The van der Waals surface area contributed by atoms with E-state index in [1.165, 1.54) is 26.0 Å². The van der Waals surface area contributed by atoms with Gasteiger partial charge in [-0.2, -0.15) is 0 Å². The molecule has 0 radical (unpaired) electrons. The van der Waals surface area contributed by atoms with Gasteiger partial charge in [-0.15, -0.1) is 0 Å². The molecule has 1 heterocycles. The molecule has 1 aliphatic heterocycles. The summed E-state index contributed by atoms with van der Waals surface area (Å²) >= 11 is 3.31. The van der Waals surface area contributed by atoms with Crippen LogP contribution in [-0.2, 0) is 10.0 Å². The monoisotopic (exact) mass is 376 g/mol. The lowest BCUT2D eigenvalue weighted by molar-refractivity contribution is 0.358. The van der Waals surface area contributed by atoms with Gasteiger partial charge in [0.2, 0.25) is 10.0 Å². The quantitative estimate of drug-likeness (QED) is 0.797. The van der Waals surface area contributed by atoms with E-state index in [0.29, 0.717) is 18.2 Å². The molecule has 0 aromatic heterocycles. The van der Waals surface area contributed by atoms with E-state index in [0.717, 1.165) is 24.0 Å². The minimum Gasteiger partial charge on any atom is -0.496 e. The van der Waals surface area contributed by atoms with Crippen molar-refractivity contribution in [3.8, 4) is 5.75 Å². The third-order valence-electron chi connectivity index (χ3n) is 3.68. The molecule has 2 N–H and O–H groups in total. The van der Waals surface area contributed by atoms with Gasteiger partial charge in [0.1, 0.15) is 5.75 Å². The zero-order valence-electron chi connectivity index (χ0n) is 12.1. The second-order valence-electron chi connectivity index (χ2n) is 5.20. The summed E-state index contributed by atoms with van der Waals surface area (Å²) in [6.45, 7) is 2.52. The largest absolute Gasteiger partial charge is 0.496 e. The summed E-state index contributed by atoms with van der Waals surface area (Å²) in [5.74, 6) is 1.07. The first-order valence-corrected chi connectivity index (χ1v) is 9.34. The number of nitrogens with one attached hydrogen (secondary N) is 2. The molecule has 0 aliphatic carbocycles. The van der Waals surface area contributed by atoms with E-state index in [2.05, 4.69) is 26.0 Å². The normalized spacial score (nSPS) is 19.4. The van der Waals surface area contributed by atoms with Gasteiger partial charge in [0.05, 0.1) is 16.5 Å². The van der Waals surface area contributed by atoms with Crippen LogP contribution in [0.1, 0.15) is 19.3 Å². The predicted octanol–water partition coefficient (Wildman–Crippen LogP) is 2.13. The van der Waals surface area contributed by atoms with E-state index < -0.39 is 10.0 Å². The second-order valence-corrected chi connectivity index (χ2v) is 7.82. The van der Waals surface area contributed by atoms with Gasteiger partial charge in [-0.3, -0.25) is 0 Å². The Kier molecular flexibility index (Phi) is 6.04. The Labute approximate surface area is 134 Å². The van der Waals surface area contributed by atoms with E-state index in [1.54, 1.807) is 12.1 Å². The highest BCUT2D eigenvalue weighted by molar-refractivity contribution is 9.10. The predicted molar refractivity (Wildman–Crippen MR) is 86.1 cm³/mol. The lowest BCUT2D eigenvalue weighted by Gasteiger charge is -2.22. The van der Waals surface area contributed by atoms with Gasteiger partial charge >= 0.3 is 0 Å². The highest BCUT2D eigenvalue weighted by Gasteiger charge is 2.18. The fourth-order valence-corrected chi connectivity index (χ4v) is 3.93. The van der Waals surface area contributed by atoms with Gasteiger partial charge in [-0.1, -0.05) is 0 Å². The number of methoxy groups -OCH3 is 1. The van der Waals surface area contributed by atoms with Crippen LogP contribution in [0, 0.1) is 5.92 Å². The summed E-state index contributed by atoms with van der Waals surface area (Å²) in [6, 6.07) is 4.77. The van der Waals surface area contributed by atoms with Crippen LogP contribution in [0.2, 0.25) is 0 Å². The first-order valence-electron chi connectivity index (χ1n) is 7.07. The van der Waals surface area contributed by atoms with Gasteiger partial charge in [0, 0.05) is 12.6 Å². The molecule has 21 heavy (non-hydrogen) atoms. The van der Waals surface area contributed by atoms with Crippen molar-refractivity contribution in [3.05, 3.63) is 22.7 Å². The number of piperidine rings is 1. The minimum absolute atomic E-state index is 0.226. The maximum absolute atomic E-state index is 12.3. The molecular formula is C14H21BrN2O3S. The average molecular weight is 377 g/mol. The van der Waals surface area contributed by atoms with Crippen LogP contribution < -0.4 is 14.8 Å². The highest BCUT2D eigenvalue weighted by atomic mass is 79.9. The van der Waals surface area contributed by atoms with Crippen LogP contribution in [0.4, 0.5) is 0 Å². The van der Waals surface area contributed by atoms with Crippen LogP contribution in [0.25, 0.3) is 0 Å². The van der Waals surface area contributed by atoms with E-state index in [-0.39, 0.29) is 4.90 Å². The molecule has 1 aromatic rings. The first-order chi connectivity index (χ1) is 10.0. The maximum atomic E-state index is 12.3. The molecule has 1 unspecified atom stereocenters. The Balaban J connectivity index is 1.94. The average Bonchev–Trinajstić information content (AvgIpc) is 2.48. The van der Waals surface area contributed by atoms with Gasteiger partial charge in [0.25, 0.3) is 0 Å². The van der Waals surface area contributed by atoms with Crippen LogP contribution in [0.3, 0.4) is 0 Å². The molecule has 2 rings (SSSR count). The van der Waals surface area contributed by atoms with E-state index in [1.807, 2.05) is 0 Å². The first kappa shape index (κ1) is 16.7. The van der Waals surface area contributed by atoms with E-state index in [4.69, 9.17) is 4.74 Å². The van der Waals surface area contributed by atoms with Crippen molar-refractivity contribution in [2.75, 3.05) is 26.7 Å². The molecule has 118 valence electrons. The summed E-state index contributed by atoms with van der Waals surface area (Å²) in [5.41, 5.74) is 0. The number of benzene rings is 1. The van der Waals surface area contributed by atoms with Crippen molar-refractivity contribution < 1.29 is 13.2 Å². The molecule has 1 aliphatic rings. The fourth-order valence-electron chi connectivity index (χ4n) is 2.46. The molecule has 0 amide bonds. The molecule has 1 saturated heterocycles. The number of hydrogen-bond acceptors (Lipinski definition) is 4. The zero-order chi connectivity index (χ0) is 15.3. The number of hydrogen-bond donors (Lipinski definition) is 2. The number of rotatable bonds is 6. The van der Waals surface area contributed by atoms with Crippen molar-refractivity contribution in [3.63, 3.8) is 0 Å². The SMILES string of the molecule is COc1cc(S(=O)(=O)NCCC2CCCNC2)ccc1Br. The lowest BCUT2D eigenvalue weighted by atomic mass is 9.96. The van der Waals surface area contributed by atoms with Crippen LogP contribution in [-0.4, -0.2) is 35.2 Å². The lowest BCUT2D eigenvalue weighted by Crippen LogP contribution is -2.33. The molecule has 0 saturated carbocycles. The number of sulfonamides is 1. The Bertz CT molecular complexity index is 572. The zero-order valence-corrected chi connectivity index (χ0v) is 14.5. The molecule has 7 heteroatoms. The molecule has 1 aromatic carbocycles. The smallest absolute Gasteiger partial charge is 0.240 e. The van der Waals surface area contributed by atoms with Crippen molar-refractivity contribution in [2.24, 2.45) is 5.92 Å².